The van der Waals surface area contributed by atoms with Gasteiger partial charge in [0.25, 0.3) is 5.69 Å². The fourth-order valence-electron chi connectivity index (χ4n) is 3.81. The molecule has 2 aliphatic heterocycles. The average Bonchev–Trinajstić information content (AvgIpc) is 2.91. The highest BCUT2D eigenvalue weighted by atomic mass is 32.2. The predicted octanol–water partition coefficient (Wildman–Crippen LogP) is 1.05. The zero-order valence-electron chi connectivity index (χ0n) is 16.9. The van der Waals surface area contributed by atoms with Crippen LogP contribution < -0.4 is 4.90 Å². The van der Waals surface area contributed by atoms with Crippen LogP contribution in [0.25, 0.3) is 0 Å². The van der Waals surface area contributed by atoms with E-state index in [1.807, 2.05) is 0 Å². The van der Waals surface area contributed by atoms with Crippen molar-refractivity contribution in [1.29, 1.82) is 0 Å². The second kappa shape index (κ2) is 8.99. The summed E-state index contributed by atoms with van der Waals surface area (Å²) in [4.78, 5) is 40.6. The highest BCUT2D eigenvalue weighted by Crippen LogP contribution is 2.31. The number of carbonyl (C=O) groups is 2. The Morgan fingerprint density at radius 1 is 1.10 bits per heavy atom. The Labute approximate surface area is 175 Å². The number of rotatable bonds is 5. The molecule has 164 valence electrons. The van der Waals surface area contributed by atoms with Crippen LogP contribution in [0.4, 0.5) is 11.4 Å². The molecule has 0 bridgehead atoms. The highest BCUT2D eigenvalue weighted by Gasteiger charge is 2.28. The summed E-state index contributed by atoms with van der Waals surface area (Å²) >= 11 is 0. The summed E-state index contributed by atoms with van der Waals surface area (Å²) in [6.45, 7) is 2.21. The van der Waals surface area contributed by atoms with Crippen LogP contribution >= 0.6 is 0 Å². The monoisotopic (exact) mass is 438 g/mol. The average molecular weight is 439 g/mol. The van der Waals surface area contributed by atoms with Crippen molar-refractivity contribution in [2.75, 3.05) is 50.4 Å². The van der Waals surface area contributed by atoms with Gasteiger partial charge in [0.15, 0.2) is 9.84 Å². The molecule has 0 radical (unpaired) electrons. The molecule has 0 aliphatic carbocycles. The molecule has 0 aromatic heterocycles. The van der Waals surface area contributed by atoms with Crippen LogP contribution in [-0.4, -0.2) is 80.5 Å². The molecular formula is C19H26N4O6S. The summed E-state index contributed by atoms with van der Waals surface area (Å²) in [6, 6.07) is 3.88. The third-order valence-corrected chi connectivity index (χ3v) is 6.65. The highest BCUT2D eigenvalue weighted by molar-refractivity contribution is 7.90. The first-order chi connectivity index (χ1) is 14.2. The molecule has 0 N–H and O–H groups in total. The van der Waals surface area contributed by atoms with Crippen molar-refractivity contribution in [3.63, 3.8) is 0 Å². The standard InChI is InChI=1S/C19H26N4O6S/c1-30(28,29)15-6-7-16(17(13-15)23(26)27)20-9-11-21(12-10-20)19(25)14-22-8-4-2-3-5-18(22)24/h6-7,13H,2-5,8-12,14H2,1H3. The number of nitro groups is 1. The lowest BCUT2D eigenvalue weighted by Crippen LogP contribution is -2.52. The molecule has 11 heteroatoms. The summed E-state index contributed by atoms with van der Waals surface area (Å²) < 4.78 is 23.4. The number of nitro benzene ring substituents is 1. The van der Waals surface area contributed by atoms with Crippen LogP contribution in [0.3, 0.4) is 0 Å². The Morgan fingerprint density at radius 3 is 2.43 bits per heavy atom. The van der Waals surface area contributed by atoms with Gasteiger partial charge >= 0.3 is 0 Å². The summed E-state index contributed by atoms with van der Waals surface area (Å²) in [5.41, 5.74) is 0.0649. The summed E-state index contributed by atoms with van der Waals surface area (Å²) in [6.07, 6.45) is 4.24. The molecule has 2 saturated heterocycles. The molecule has 30 heavy (non-hydrogen) atoms. The third-order valence-electron chi connectivity index (χ3n) is 5.54. The first-order valence-electron chi connectivity index (χ1n) is 9.96. The van der Waals surface area contributed by atoms with E-state index in [1.54, 1.807) is 14.7 Å². The summed E-state index contributed by atoms with van der Waals surface area (Å²) in [5.74, 6) is -0.104. The van der Waals surface area contributed by atoms with Crippen LogP contribution in [0.1, 0.15) is 25.7 Å². The molecular weight excluding hydrogens is 412 g/mol. The number of sulfone groups is 1. The number of anilines is 1. The van der Waals surface area contributed by atoms with E-state index in [-0.39, 0.29) is 28.9 Å². The van der Waals surface area contributed by atoms with Gasteiger partial charge in [0.1, 0.15) is 5.69 Å². The number of piperazine rings is 1. The van der Waals surface area contributed by atoms with E-state index >= 15 is 0 Å². The van der Waals surface area contributed by atoms with Gasteiger partial charge in [-0.2, -0.15) is 0 Å². The topological polar surface area (TPSA) is 121 Å². The normalized spacial score (nSPS) is 18.3. The first-order valence-corrected chi connectivity index (χ1v) is 11.8. The second-order valence-electron chi connectivity index (χ2n) is 7.67. The number of amides is 2. The fraction of sp³-hybridized carbons (Fsp3) is 0.579. The molecule has 2 heterocycles. The molecule has 2 aliphatic rings. The Kier molecular flexibility index (Phi) is 6.59. The second-order valence-corrected chi connectivity index (χ2v) is 9.69. The van der Waals surface area contributed by atoms with E-state index in [1.165, 1.54) is 12.1 Å². The minimum atomic E-state index is -3.56. The summed E-state index contributed by atoms with van der Waals surface area (Å²) in [7, 11) is -3.56. The first kappa shape index (κ1) is 22.0. The number of hydrogen-bond acceptors (Lipinski definition) is 7. The maximum absolute atomic E-state index is 12.6. The van der Waals surface area contributed by atoms with E-state index in [0.29, 0.717) is 44.8 Å². The van der Waals surface area contributed by atoms with E-state index in [4.69, 9.17) is 0 Å². The van der Waals surface area contributed by atoms with Crippen molar-refractivity contribution < 1.29 is 22.9 Å². The van der Waals surface area contributed by atoms with Gasteiger partial charge in [0, 0.05) is 51.5 Å². The van der Waals surface area contributed by atoms with Gasteiger partial charge in [-0.05, 0) is 25.0 Å². The van der Waals surface area contributed by atoms with Crippen LogP contribution in [0.15, 0.2) is 23.1 Å². The van der Waals surface area contributed by atoms with Gasteiger partial charge in [-0.1, -0.05) is 6.42 Å². The molecule has 0 spiro atoms. The SMILES string of the molecule is CS(=O)(=O)c1ccc(N2CCN(C(=O)CN3CCCCCC3=O)CC2)c([N+](=O)[O-])c1. The lowest BCUT2D eigenvalue weighted by Gasteiger charge is -2.36. The van der Waals surface area contributed by atoms with Gasteiger partial charge in [-0.15, -0.1) is 0 Å². The van der Waals surface area contributed by atoms with Crippen molar-refractivity contribution in [3.05, 3.63) is 28.3 Å². The molecule has 10 nitrogen and oxygen atoms in total. The predicted molar refractivity (Wildman–Crippen MR) is 110 cm³/mol. The van der Waals surface area contributed by atoms with Crippen molar-refractivity contribution in [2.45, 2.75) is 30.6 Å². The molecule has 2 amide bonds. The van der Waals surface area contributed by atoms with Gasteiger partial charge in [-0.3, -0.25) is 19.7 Å². The minimum absolute atomic E-state index is 0.0149. The Hall–Kier alpha value is -2.69. The number of benzene rings is 1. The van der Waals surface area contributed by atoms with E-state index in [0.717, 1.165) is 31.6 Å². The van der Waals surface area contributed by atoms with Crippen LogP contribution in [0.2, 0.25) is 0 Å². The van der Waals surface area contributed by atoms with Crippen LogP contribution in [0.5, 0.6) is 0 Å². The molecule has 2 fully saturated rings. The van der Waals surface area contributed by atoms with Crippen molar-refractivity contribution in [1.82, 2.24) is 9.80 Å². The number of hydrogen-bond donors (Lipinski definition) is 0. The fourth-order valence-corrected chi connectivity index (χ4v) is 4.45. The van der Waals surface area contributed by atoms with Crippen LogP contribution in [-0.2, 0) is 19.4 Å². The van der Waals surface area contributed by atoms with Gasteiger partial charge < -0.3 is 14.7 Å². The zero-order chi connectivity index (χ0) is 21.9. The molecule has 0 unspecified atom stereocenters. The van der Waals surface area contributed by atoms with Crippen molar-refractivity contribution >= 4 is 33.0 Å². The van der Waals surface area contributed by atoms with Crippen LogP contribution in [0, 0.1) is 10.1 Å². The Bertz CT molecular complexity index is 940. The van der Waals surface area contributed by atoms with E-state index in [2.05, 4.69) is 0 Å². The van der Waals surface area contributed by atoms with E-state index in [9.17, 15) is 28.1 Å². The number of nitrogens with zero attached hydrogens (tertiary/aromatic N) is 4. The quantitative estimate of drug-likeness (QED) is 0.497. The van der Waals surface area contributed by atoms with Crippen molar-refractivity contribution in [3.8, 4) is 0 Å². The third kappa shape index (κ3) is 5.07. The smallest absolute Gasteiger partial charge is 0.293 e. The van der Waals surface area contributed by atoms with Gasteiger partial charge in [-0.25, -0.2) is 8.42 Å². The molecule has 1 aromatic carbocycles. The molecule has 0 atom stereocenters. The van der Waals surface area contributed by atoms with Gasteiger partial charge in [0.2, 0.25) is 11.8 Å². The van der Waals surface area contributed by atoms with E-state index < -0.39 is 14.8 Å². The zero-order valence-corrected chi connectivity index (χ0v) is 17.8. The largest absolute Gasteiger partial charge is 0.362 e. The lowest BCUT2D eigenvalue weighted by atomic mass is 10.2. The number of carbonyl (C=O) groups excluding carboxylic acids is 2. The maximum atomic E-state index is 12.6. The lowest BCUT2D eigenvalue weighted by molar-refractivity contribution is -0.384. The van der Waals surface area contributed by atoms with Crippen molar-refractivity contribution in [2.24, 2.45) is 0 Å². The Balaban J connectivity index is 1.66. The van der Waals surface area contributed by atoms with Gasteiger partial charge in [0.05, 0.1) is 16.4 Å². The minimum Gasteiger partial charge on any atom is -0.362 e. The molecule has 1 aromatic rings. The maximum Gasteiger partial charge on any atom is 0.293 e. The number of likely N-dealkylation sites (tertiary alicyclic amines) is 1. The Morgan fingerprint density at radius 2 is 1.80 bits per heavy atom. The molecule has 3 rings (SSSR count). The summed E-state index contributed by atoms with van der Waals surface area (Å²) in [5, 5.41) is 11.5. The molecule has 0 saturated carbocycles.